The first kappa shape index (κ1) is 16.9. The topological polar surface area (TPSA) is 80.6 Å². The molecular weight excluding hydrogens is 358 g/mol. The summed E-state index contributed by atoms with van der Waals surface area (Å²) < 4.78 is 5.41. The lowest BCUT2D eigenvalue weighted by Gasteiger charge is -2.27. The zero-order valence-corrected chi connectivity index (χ0v) is 15.3. The maximum atomic E-state index is 6.33. The molecule has 1 unspecified atom stereocenters. The van der Waals surface area contributed by atoms with Crippen molar-refractivity contribution in [2.45, 2.75) is 16.9 Å². The predicted molar refractivity (Wildman–Crippen MR) is 102 cm³/mol. The highest BCUT2D eigenvalue weighted by Gasteiger charge is 2.30. The number of hydrogen-bond donors (Lipinski definition) is 2. The van der Waals surface area contributed by atoms with E-state index in [1.54, 1.807) is 11.8 Å². The summed E-state index contributed by atoms with van der Waals surface area (Å²) in [5.41, 5.74) is 14.8. The van der Waals surface area contributed by atoms with E-state index in [0.717, 1.165) is 60.5 Å². The molecule has 4 rings (SSSR count). The van der Waals surface area contributed by atoms with Gasteiger partial charge in [0.05, 0.1) is 18.9 Å². The van der Waals surface area contributed by atoms with Crippen LogP contribution in [0.5, 0.6) is 0 Å². The van der Waals surface area contributed by atoms with Crippen molar-refractivity contribution in [3.63, 3.8) is 0 Å². The Bertz CT molecular complexity index is 784. The molecule has 132 valence electrons. The van der Waals surface area contributed by atoms with Crippen molar-refractivity contribution in [3.8, 4) is 0 Å². The number of rotatable bonds is 3. The van der Waals surface area contributed by atoms with Gasteiger partial charge in [-0.2, -0.15) is 0 Å². The van der Waals surface area contributed by atoms with Gasteiger partial charge in [0, 0.05) is 30.2 Å². The number of nitrogen functional groups attached to an aromatic ring is 1. The number of benzene rings is 1. The van der Waals surface area contributed by atoms with E-state index >= 15 is 0 Å². The number of hydrogen-bond acceptors (Lipinski definition) is 7. The summed E-state index contributed by atoms with van der Waals surface area (Å²) in [6, 6.07) is 9.78. The fourth-order valence-electron chi connectivity index (χ4n) is 3.16. The number of morpholine rings is 1. The van der Waals surface area contributed by atoms with Crippen molar-refractivity contribution < 1.29 is 4.74 Å². The SMILES string of the molecule is Nc1ccc2c(c1)SC(N)N2c1cc(CN2CCOCC2)cc(Cl)n1. The summed E-state index contributed by atoms with van der Waals surface area (Å²) in [6.07, 6.45) is 0. The van der Waals surface area contributed by atoms with Gasteiger partial charge in [0.1, 0.15) is 16.5 Å². The molecule has 6 nitrogen and oxygen atoms in total. The van der Waals surface area contributed by atoms with Gasteiger partial charge in [-0.1, -0.05) is 23.4 Å². The number of nitrogens with zero attached hydrogens (tertiary/aromatic N) is 3. The first-order chi connectivity index (χ1) is 12.1. The Morgan fingerprint density at radius 3 is 2.84 bits per heavy atom. The second-order valence-corrected chi connectivity index (χ2v) is 7.70. The van der Waals surface area contributed by atoms with Crippen LogP contribution in [-0.4, -0.2) is 41.7 Å². The number of nitrogens with two attached hydrogens (primary N) is 2. The molecule has 0 aliphatic carbocycles. The van der Waals surface area contributed by atoms with Crippen molar-refractivity contribution in [1.29, 1.82) is 0 Å². The second-order valence-electron chi connectivity index (χ2n) is 6.15. The lowest BCUT2D eigenvalue weighted by Crippen LogP contribution is -2.36. The maximum absolute atomic E-state index is 6.33. The quantitative estimate of drug-likeness (QED) is 0.628. The van der Waals surface area contributed by atoms with Crippen LogP contribution < -0.4 is 16.4 Å². The molecule has 2 aliphatic heterocycles. The highest BCUT2D eigenvalue weighted by atomic mass is 35.5. The van der Waals surface area contributed by atoms with Gasteiger partial charge in [-0.05, 0) is 35.9 Å². The van der Waals surface area contributed by atoms with E-state index in [1.807, 2.05) is 29.2 Å². The summed E-state index contributed by atoms with van der Waals surface area (Å²) in [5, 5.41) is 0.474. The fraction of sp³-hybridized carbons (Fsp3) is 0.353. The number of anilines is 3. The molecule has 2 aromatic rings. The molecule has 25 heavy (non-hydrogen) atoms. The summed E-state index contributed by atoms with van der Waals surface area (Å²) >= 11 is 7.87. The molecule has 1 fully saturated rings. The van der Waals surface area contributed by atoms with Crippen LogP contribution in [0.15, 0.2) is 35.2 Å². The standard InChI is InChI=1S/C17H20ClN5OS/c18-15-7-11(10-22-3-5-24-6-4-22)8-16(21-15)23-13-2-1-12(19)9-14(13)25-17(23)20/h1-2,7-9,17H,3-6,10,19-20H2. The molecule has 8 heteroatoms. The molecule has 2 aliphatic rings. The minimum absolute atomic E-state index is 0.251. The molecule has 3 heterocycles. The van der Waals surface area contributed by atoms with Gasteiger partial charge in [-0.25, -0.2) is 4.98 Å². The van der Waals surface area contributed by atoms with Crippen molar-refractivity contribution in [1.82, 2.24) is 9.88 Å². The molecule has 1 saturated heterocycles. The van der Waals surface area contributed by atoms with Crippen molar-refractivity contribution in [2.24, 2.45) is 5.73 Å². The smallest absolute Gasteiger partial charge is 0.137 e. The fourth-order valence-corrected chi connectivity index (χ4v) is 4.47. The average Bonchev–Trinajstić information content (AvgIpc) is 2.90. The predicted octanol–water partition coefficient (Wildman–Crippen LogP) is 2.64. The number of halogens is 1. The van der Waals surface area contributed by atoms with Gasteiger partial charge in [-0.15, -0.1) is 0 Å². The number of ether oxygens (including phenoxy) is 1. The Balaban J connectivity index is 1.64. The van der Waals surface area contributed by atoms with Gasteiger partial charge in [-0.3, -0.25) is 9.80 Å². The lowest BCUT2D eigenvalue weighted by atomic mass is 10.2. The maximum Gasteiger partial charge on any atom is 0.137 e. The van der Waals surface area contributed by atoms with E-state index in [2.05, 4.69) is 16.0 Å². The minimum Gasteiger partial charge on any atom is -0.399 e. The largest absolute Gasteiger partial charge is 0.399 e. The van der Waals surface area contributed by atoms with Crippen molar-refractivity contribution >= 4 is 40.6 Å². The van der Waals surface area contributed by atoms with Gasteiger partial charge in [0.25, 0.3) is 0 Å². The molecular formula is C17H20ClN5OS. The van der Waals surface area contributed by atoms with E-state index in [0.29, 0.717) is 5.15 Å². The van der Waals surface area contributed by atoms with E-state index in [4.69, 9.17) is 27.8 Å². The molecule has 1 aromatic heterocycles. The molecule has 1 aromatic carbocycles. The first-order valence-electron chi connectivity index (χ1n) is 8.18. The lowest BCUT2D eigenvalue weighted by molar-refractivity contribution is 0.0342. The first-order valence-corrected chi connectivity index (χ1v) is 9.43. The summed E-state index contributed by atoms with van der Waals surface area (Å²) in [4.78, 5) is 9.92. The minimum atomic E-state index is -0.251. The third-order valence-electron chi connectivity index (χ3n) is 4.34. The molecule has 4 N–H and O–H groups in total. The summed E-state index contributed by atoms with van der Waals surface area (Å²) in [6.45, 7) is 4.22. The van der Waals surface area contributed by atoms with E-state index in [9.17, 15) is 0 Å². The van der Waals surface area contributed by atoms with Crippen LogP contribution in [0.4, 0.5) is 17.2 Å². The van der Waals surface area contributed by atoms with Crippen molar-refractivity contribution in [2.75, 3.05) is 36.9 Å². The highest BCUT2D eigenvalue weighted by molar-refractivity contribution is 8.00. The summed E-state index contributed by atoms with van der Waals surface area (Å²) in [7, 11) is 0. The number of fused-ring (bicyclic) bond motifs is 1. The van der Waals surface area contributed by atoms with Crippen molar-refractivity contribution in [3.05, 3.63) is 41.0 Å². The number of pyridine rings is 1. The van der Waals surface area contributed by atoms with Crippen LogP contribution >= 0.6 is 23.4 Å². The van der Waals surface area contributed by atoms with Gasteiger partial charge < -0.3 is 16.2 Å². The molecule has 0 spiro atoms. The van der Waals surface area contributed by atoms with Crippen LogP contribution in [0.1, 0.15) is 5.56 Å². The Kier molecular flexibility index (Phi) is 4.75. The molecule has 0 saturated carbocycles. The van der Waals surface area contributed by atoms with Crippen LogP contribution in [0.3, 0.4) is 0 Å². The average molecular weight is 378 g/mol. The highest BCUT2D eigenvalue weighted by Crippen LogP contribution is 2.46. The molecule has 1 atom stereocenters. The summed E-state index contributed by atoms with van der Waals surface area (Å²) in [5.74, 6) is 0.763. The van der Waals surface area contributed by atoms with Gasteiger partial charge >= 0.3 is 0 Å². The number of thioether (sulfide) groups is 1. The molecule has 0 amide bonds. The Labute approximate surface area is 156 Å². The van der Waals surface area contributed by atoms with E-state index < -0.39 is 0 Å². The third kappa shape index (κ3) is 3.56. The third-order valence-corrected chi connectivity index (χ3v) is 5.57. The zero-order valence-electron chi connectivity index (χ0n) is 13.7. The van der Waals surface area contributed by atoms with E-state index in [-0.39, 0.29) is 5.50 Å². The Morgan fingerprint density at radius 1 is 1.24 bits per heavy atom. The van der Waals surface area contributed by atoms with Gasteiger partial charge in [0.2, 0.25) is 0 Å². The molecule has 0 bridgehead atoms. The Hall–Kier alpha value is -1.51. The Morgan fingerprint density at radius 2 is 2.04 bits per heavy atom. The normalized spacial score (nSPS) is 20.7. The van der Waals surface area contributed by atoms with Gasteiger partial charge in [0.15, 0.2) is 0 Å². The van der Waals surface area contributed by atoms with Crippen LogP contribution in [-0.2, 0) is 11.3 Å². The zero-order chi connectivity index (χ0) is 17.4. The second kappa shape index (κ2) is 7.01. The van der Waals surface area contributed by atoms with Crippen LogP contribution in [0.2, 0.25) is 5.15 Å². The van der Waals surface area contributed by atoms with Crippen LogP contribution in [0.25, 0.3) is 0 Å². The number of aromatic nitrogens is 1. The monoisotopic (exact) mass is 377 g/mol. The van der Waals surface area contributed by atoms with Crippen LogP contribution in [0, 0.1) is 0 Å². The van der Waals surface area contributed by atoms with E-state index in [1.165, 1.54) is 0 Å². The molecule has 0 radical (unpaired) electrons.